The van der Waals surface area contributed by atoms with Gasteiger partial charge < -0.3 is 20.1 Å². The molecule has 0 bridgehead atoms. The van der Waals surface area contributed by atoms with Gasteiger partial charge in [0.25, 0.3) is 0 Å². The summed E-state index contributed by atoms with van der Waals surface area (Å²) in [5.74, 6) is -0.0577. The molecule has 114 valence electrons. The molecule has 20 heavy (non-hydrogen) atoms. The smallest absolute Gasteiger partial charge is 0.329 e. The lowest BCUT2D eigenvalue weighted by atomic mass is 10.0. The molecule has 0 spiro atoms. The van der Waals surface area contributed by atoms with E-state index in [2.05, 4.69) is 5.32 Å². The highest BCUT2D eigenvalue weighted by Gasteiger charge is 2.24. The number of carbonyl (C=O) groups is 2. The number of rotatable bonds is 6. The van der Waals surface area contributed by atoms with Crippen LogP contribution in [0.5, 0.6) is 0 Å². The first-order valence-corrected chi connectivity index (χ1v) is 7.47. The van der Waals surface area contributed by atoms with Crippen LogP contribution in [0, 0.1) is 5.92 Å². The maximum atomic E-state index is 12.1. The summed E-state index contributed by atoms with van der Waals surface area (Å²) in [6.07, 6.45) is 4.25. The Morgan fingerprint density at radius 3 is 2.60 bits per heavy atom. The third kappa shape index (κ3) is 4.76. The Morgan fingerprint density at radius 2 is 2.00 bits per heavy atom. The van der Waals surface area contributed by atoms with E-state index >= 15 is 0 Å². The van der Waals surface area contributed by atoms with Crippen molar-refractivity contribution in [3.63, 3.8) is 0 Å². The van der Waals surface area contributed by atoms with E-state index < -0.39 is 5.97 Å². The van der Waals surface area contributed by atoms with Gasteiger partial charge >= 0.3 is 5.97 Å². The predicted octanol–water partition coefficient (Wildman–Crippen LogP) is 0.468. The fraction of sp³-hybridized carbons (Fsp3) is 0.857. The fourth-order valence-electron chi connectivity index (χ4n) is 2.91. The molecule has 6 nitrogen and oxygen atoms in total. The molecule has 0 saturated carbocycles. The van der Waals surface area contributed by atoms with Gasteiger partial charge in [0.2, 0.25) is 5.91 Å². The Kier molecular flexibility index (Phi) is 5.79. The molecule has 2 rings (SSSR count). The molecule has 2 aliphatic heterocycles. The highest BCUT2D eigenvalue weighted by molar-refractivity contribution is 5.76. The number of hydrogen-bond acceptors (Lipinski definition) is 4. The zero-order valence-corrected chi connectivity index (χ0v) is 11.8. The predicted molar refractivity (Wildman–Crippen MR) is 73.4 cm³/mol. The van der Waals surface area contributed by atoms with Crippen molar-refractivity contribution >= 4 is 11.9 Å². The summed E-state index contributed by atoms with van der Waals surface area (Å²) in [5, 5.41) is 11.9. The lowest BCUT2D eigenvalue weighted by Gasteiger charge is -2.32. The zero-order chi connectivity index (χ0) is 14.4. The summed E-state index contributed by atoms with van der Waals surface area (Å²) >= 11 is 0. The first kappa shape index (κ1) is 15.3. The van der Waals surface area contributed by atoms with Crippen LogP contribution in [-0.2, 0) is 14.3 Å². The summed E-state index contributed by atoms with van der Waals surface area (Å²) in [6.45, 7) is 3.24. The van der Waals surface area contributed by atoms with Gasteiger partial charge in [-0.2, -0.15) is 0 Å². The first-order valence-electron chi connectivity index (χ1n) is 7.47. The third-order valence-electron chi connectivity index (χ3n) is 4.17. The van der Waals surface area contributed by atoms with Crippen molar-refractivity contribution < 1.29 is 19.4 Å². The molecule has 0 aromatic heterocycles. The van der Waals surface area contributed by atoms with Gasteiger partial charge in [-0.3, -0.25) is 4.79 Å². The number of piperidine rings is 1. The van der Waals surface area contributed by atoms with Crippen LogP contribution in [0.4, 0.5) is 0 Å². The van der Waals surface area contributed by atoms with Crippen molar-refractivity contribution in [1.82, 2.24) is 10.2 Å². The molecular weight excluding hydrogens is 260 g/mol. The summed E-state index contributed by atoms with van der Waals surface area (Å²) in [6, 6.07) is 0. The molecule has 2 N–H and O–H groups in total. The molecular formula is C14H24N2O4. The number of carboxylic acid groups (broad SMARTS) is 1. The highest BCUT2D eigenvalue weighted by Crippen LogP contribution is 2.18. The SMILES string of the molecule is O=C(O)COC1CCN(C(=O)CCC2CCNC2)CC1. The number of amides is 1. The number of ether oxygens (including phenoxy) is 1. The first-order chi connectivity index (χ1) is 9.65. The molecule has 2 aliphatic rings. The largest absolute Gasteiger partial charge is 0.480 e. The molecule has 2 fully saturated rings. The van der Waals surface area contributed by atoms with Crippen LogP contribution in [0.2, 0.25) is 0 Å². The minimum absolute atomic E-state index is 0.0193. The van der Waals surface area contributed by atoms with Crippen molar-refractivity contribution in [2.45, 2.75) is 38.2 Å². The molecule has 0 radical (unpaired) electrons. The topological polar surface area (TPSA) is 78.9 Å². The maximum absolute atomic E-state index is 12.1. The number of likely N-dealkylation sites (tertiary alicyclic amines) is 1. The van der Waals surface area contributed by atoms with Crippen molar-refractivity contribution in [2.24, 2.45) is 5.92 Å². The second-order valence-corrected chi connectivity index (χ2v) is 5.68. The van der Waals surface area contributed by atoms with Crippen molar-refractivity contribution in [3.8, 4) is 0 Å². The Morgan fingerprint density at radius 1 is 1.25 bits per heavy atom. The molecule has 6 heteroatoms. The zero-order valence-electron chi connectivity index (χ0n) is 11.8. The molecule has 1 amide bonds. The van der Waals surface area contributed by atoms with Gasteiger partial charge in [-0.25, -0.2) is 4.79 Å². The number of nitrogens with zero attached hydrogens (tertiary/aromatic N) is 1. The monoisotopic (exact) mass is 284 g/mol. The van der Waals surface area contributed by atoms with E-state index in [1.807, 2.05) is 4.90 Å². The van der Waals surface area contributed by atoms with E-state index in [-0.39, 0.29) is 18.6 Å². The van der Waals surface area contributed by atoms with Gasteiger partial charge in [0.05, 0.1) is 6.10 Å². The van der Waals surface area contributed by atoms with E-state index in [4.69, 9.17) is 9.84 Å². The number of aliphatic carboxylic acids is 1. The Balaban J connectivity index is 1.62. The summed E-state index contributed by atoms with van der Waals surface area (Å²) < 4.78 is 5.27. The molecule has 0 aliphatic carbocycles. The van der Waals surface area contributed by atoms with Crippen LogP contribution >= 0.6 is 0 Å². The quantitative estimate of drug-likeness (QED) is 0.741. The Bertz CT molecular complexity index is 334. The summed E-state index contributed by atoms with van der Waals surface area (Å²) in [7, 11) is 0. The van der Waals surface area contributed by atoms with E-state index in [9.17, 15) is 9.59 Å². The van der Waals surface area contributed by atoms with Gasteiger partial charge in [-0.15, -0.1) is 0 Å². The van der Waals surface area contributed by atoms with E-state index in [0.717, 1.165) is 32.4 Å². The number of carboxylic acids is 1. The Labute approximate surface area is 119 Å². The Hall–Kier alpha value is -1.14. The van der Waals surface area contributed by atoms with E-state index in [0.29, 0.717) is 25.4 Å². The van der Waals surface area contributed by atoms with Crippen molar-refractivity contribution in [2.75, 3.05) is 32.8 Å². The lowest BCUT2D eigenvalue weighted by molar-refractivity contribution is -0.146. The third-order valence-corrected chi connectivity index (χ3v) is 4.17. The van der Waals surface area contributed by atoms with Crippen LogP contribution in [0.1, 0.15) is 32.1 Å². The minimum Gasteiger partial charge on any atom is -0.480 e. The summed E-state index contributed by atoms with van der Waals surface area (Å²) in [4.78, 5) is 24.4. The van der Waals surface area contributed by atoms with Crippen LogP contribution < -0.4 is 5.32 Å². The van der Waals surface area contributed by atoms with Crippen LogP contribution in [0.25, 0.3) is 0 Å². The van der Waals surface area contributed by atoms with Gasteiger partial charge in [0.1, 0.15) is 6.61 Å². The molecule has 0 aromatic rings. The van der Waals surface area contributed by atoms with Crippen LogP contribution in [-0.4, -0.2) is 60.8 Å². The average molecular weight is 284 g/mol. The summed E-state index contributed by atoms with van der Waals surface area (Å²) in [5.41, 5.74) is 0. The number of nitrogens with one attached hydrogen (secondary N) is 1. The van der Waals surface area contributed by atoms with Gasteiger partial charge in [0.15, 0.2) is 0 Å². The van der Waals surface area contributed by atoms with Gasteiger partial charge in [-0.1, -0.05) is 0 Å². The fourth-order valence-corrected chi connectivity index (χ4v) is 2.91. The standard InChI is InChI=1S/C14H24N2O4/c17-13(2-1-11-3-6-15-9-11)16-7-4-12(5-8-16)20-10-14(18)19/h11-12,15H,1-10H2,(H,18,19). The normalized spacial score (nSPS) is 24.0. The number of carbonyl (C=O) groups excluding carboxylic acids is 1. The second-order valence-electron chi connectivity index (χ2n) is 5.68. The van der Waals surface area contributed by atoms with Crippen LogP contribution in [0.3, 0.4) is 0 Å². The lowest BCUT2D eigenvalue weighted by Crippen LogP contribution is -2.41. The van der Waals surface area contributed by atoms with Crippen molar-refractivity contribution in [1.29, 1.82) is 0 Å². The maximum Gasteiger partial charge on any atom is 0.329 e. The average Bonchev–Trinajstić information content (AvgIpc) is 2.96. The van der Waals surface area contributed by atoms with E-state index in [1.165, 1.54) is 6.42 Å². The van der Waals surface area contributed by atoms with Crippen LogP contribution in [0.15, 0.2) is 0 Å². The van der Waals surface area contributed by atoms with Gasteiger partial charge in [-0.05, 0) is 44.7 Å². The highest BCUT2D eigenvalue weighted by atomic mass is 16.5. The molecule has 1 unspecified atom stereocenters. The second kappa shape index (κ2) is 7.59. The molecule has 1 atom stereocenters. The molecule has 2 saturated heterocycles. The van der Waals surface area contributed by atoms with E-state index in [1.54, 1.807) is 0 Å². The minimum atomic E-state index is -0.936. The number of hydrogen-bond donors (Lipinski definition) is 2. The van der Waals surface area contributed by atoms with Gasteiger partial charge in [0, 0.05) is 19.5 Å². The molecule has 0 aromatic carbocycles. The van der Waals surface area contributed by atoms with Crippen molar-refractivity contribution in [3.05, 3.63) is 0 Å². The molecule has 2 heterocycles.